The van der Waals surface area contributed by atoms with Crippen molar-refractivity contribution in [1.29, 1.82) is 0 Å². The molecule has 114 valence electrons. The van der Waals surface area contributed by atoms with Gasteiger partial charge in [-0.05, 0) is 44.7 Å². The van der Waals surface area contributed by atoms with Gasteiger partial charge in [-0.25, -0.2) is 4.79 Å². The third kappa shape index (κ3) is 2.67. The fraction of sp³-hybridized carbons (Fsp3) is 0.529. The van der Waals surface area contributed by atoms with Gasteiger partial charge in [0.1, 0.15) is 5.54 Å². The van der Waals surface area contributed by atoms with Crippen molar-refractivity contribution in [2.24, 2.45) is 0 Å². The molecule has 0 aromatic heterocycles. The van der Waals surface area contributed by atoms with Crippen molar-refractivity contribution in [3.63, 3.8) is 0 Å². The summed E-state index contributed by atoms with van der Waals surface area (Å²) in [5, 5.41) is 9.69. The third-order valence-corrected chi connectivity index (χ3v) is 4.42. The lowest BCUT2D eigenvalue weighted by Crippen LogP contribution is -2.53. The number of hydrogen-bond donors (Lipinski definition) is 1. The molecule has 0 radical (unpaired) electrons. The Bertz CT molecular complexity index is 567. The van der Waals surface area contributed by atoms with Crippen LogP contribution in [0.5, 0.6) is 0 Å². The molecular weight excluding hydrogens is 266 g/mol. The van der Waals surface area contributed by atoms with E-state index in [0.29, 0.717) is 24.9 Å². The predicted octanol–water partition coefficient (Wildman–Crippen LogP) is 3.16. The lowest BCUT2D eigenvalue weighted by molar-refractivity contribution is -0.148. The van der Waals surface area contributed by atoms with Crippen LogP contribution in [-0.4, -0.2) is 34.0 Å². The first-order chi connectivity index (χ1) is 9.92. The molecule has 1 unspecified atom stereocenters. The van der Waals surface area contributed by atoms with Crippen LogP contribution in [0.3, 0.4) is 0 Å². The summed E-state index contributed by atoms with van der Waals surface area (Å²) in [5.74, 6) is -1.02. The number of likely N-dealkylation sites (tertiary alicyclic amines) is 1. The minimum Gasteiger partial charge on any atom is -0.479 e. The Morgan fingerprint density at radius 3 is 2.67 bits per heavy atom. The molecule has 21 heavy (non-hydrogen) atoms. The van der Waals surface area contributed by atoms with Crippen LogP contribution in [0.1, 0.15) is 54.1 Å². The van der Waals surface area contributed by atoms with E-state index < -0.39 is 11.5 Å². The summed E-state index contributed by atoms with van der Waals surface area (Å²) in [6.45, 7) is 6.32. The van der Waals surface area contributed by atoms with Crippen molar-refractivity contribution in [3.8, 4) is 0 Å². The Kier molecular flexibility index (Phi) is 4.35. The van der Waals surface area contributed by atoms with E-state index in [4.69, 9.17) is 0 Å². The number of carbonyl (C=O) groups excluding carboxylic acids is 1. The average Bonchev–Trinajstić information content (AvgIpc) is 2.86. The maximum absolute atomic E-state index is 12.9. The highest BCUT2D eigenvalue weighted by atomic mass is 16.4. The van der Waals surface area contributed by atoms with Crippen molar-refractivity contribution in [3.05, 3.63) is 34.9 Å². The molecule has 1 fully saturated rings. The summed E-state index contributed by atoms with van der Waals surface area (Å²) < 4.78 is 0. The Morgan fingerprint density at radius 1 is 1.33 bits per heavy atom. The summed E-state index contributed by atoms with van der Waals surface area (Å²) in [6, 6.07) is 5.74. The zero-order valence-corrected chi connectivity index (χ0v) is 13.0. The van der Waals surface area contributed by atoms with Crippen molar-refractivity contribution in [2.45, 2.75) is 52.0 Å². The van der Waals surface area contributed by atoms with Gasteiger partial charge >= 0.3 is 5.97 Å². The molecule has 0 saturated carbocycles. The Balaban J connectivity index is 2.41. The molecule has 1 aromatic carbocycles. The van der Waals surface area contributed by atoms with E-state index >= 15 is 0 Å². The summed E-state index contributed by atoms with van der Waals surface area (Å²) in [4.78, 5) is 26.3. The van der Waals surface area contributed by atoms with Crippen LogP contribution in [0, 0.1) is 13.8 Å². The first kappa shape index (κ1) is 15.5. The van der Waals surface area contributed by atoms with E-state index in [2.05, 4.69) is 0 Å². The summed E-state index contributed by atoms with van der Waals surface area (Å²) in [7, 11) is 0. The Morgan fingerprint density at radius 2 is 2.05 bits per heavy atom. The predicted molar refractivity (Wildman–Crippen MR) is 81.5 cm³/mol. The quantitative estimate of drug-likeness (QED) is 0.926. The van der Waals surface area contributed by atoms with E-state index in [-0.39, 0.29) is 5.91 Å². The molecule has 1 aromatic rings. The summed E-state index contributed by atoms with van der Waals surface area (Å²) in [6.07, 6.45) is 2.57. The minimum atomic E-state index is -1.03. The molecule has 1 atom stereocenters. The number of aryl methyl sites for hydroxylation is 2. The van der Waals surface area contributed by atoms with Crippen LogP contribution in [0.2, 0.25) is 0 Å². The molecule has 1 saturated heterocycles. The molecular formula is C17H23NO3. The van der Waals surface area contributed by atoms with Crippen molar-refractivity contribution in [2.75, 3.05) is 6.54 Å². The third-order valence-electron chi connectivity index (χ3n) is 4.42. The van der Waals surface area contributed by atoms with Gasteiger partial charge in [0.05, 0.1) is 0 Å². The van der Waals surface area contributed by atoms with Gasteiger partial charge in [-0.1, -0.05) is 31.0 Å². The minimum absolute atomic E-state index is 0.149. The lowest BCUT2D eigenvalue weighted by Gasteiger charge is -2.35. The second kappa shape index (κ2) is 5.88. The highest BCUT2D eigenvalue weighted by Gasteiger charge is 2.49. The standard InChI is InChI=1S/C17H23NO3/c1-4-8-17(16(20)21)9-5-10-18(17)15(19)14-11-12(2)6-7-13(14)3/h6-7,11H,4-5,8-10H2,1-3H3,(H,20,21). The second-order valence-electron chi connectivity index (χ2n) is 5.97. The monoisotopic (exact) mass is 289 g/mol. The molecule has 0 aliphatic carbocycles. The second-order valence-corrected chi connectivity index (χ2v) is 5.97. The highest BCUT2D eigenvalue weighted by Crippen LogP contribution is 2.35. The molecule has 2 rings (SSSR count). The van der Waals surface area contributed by atoms with Gasteiger partial charge in [-0.2, -0.15) is 0 Å². The molecule has 0 spiro atoms. The van der Waals surface area contributed by atoms with Gasteiger partial charge in [-0.15, -0.1) is 0 Å². The van der Waals surface area contributed by atoms with Crippen LogP contribution >= 0.6 is 0 Å². The van der Waals surface area contributed by atoms with Gasteiger partial charge in [-0.3, -0.25) is 4.79 Å². The van der Waals surface area contributed by atoms with E-state index in [0.717, 1.165) is 24.0 Å². The van der Waals surface area contributed by atoms with Gasteiger partial charge in [0, 0.05) is 12.1 Å². The number of carboxylic acids is 1. The molecule has 1 heterocycles. The number of carbonyl (C=O) groups is 2. The van der Waals surface area contributed by atoms with Crippen LogP contribution < -0.4 is 0 Å². The zero-order valence-electron chi connectivity index (χ0n) is 13.0. The van der Waals surface area contributed by atoms with E-state index in [1.54, 1.807) is 4.90 Å². The fourth-order valence-electron chi connectivity index (χ4n) is 3.29. The number of amides is 1. The number of rotatable bonds is 4. The molecule has 1 N–H and O–H groups in total. The molecule has 4 nitrogen and oxygen atoms in total. The number of nitrogens with zero attached hydrogens (tertiary/aromatic N) is 1. The van der Waals surface area contributed by atoms with Gasteiger partial charge in [0.25, 0.3) is 5.91 Å². The largest absolute Gasteiger partial charge is 0.479 e. The SMILES string of the molecule is CCCC1(C(=O)O)CCCN1C(=O)c1cc(C)ccc1C. The van der Waals surface area contributed by atoms with Crippen LogP contribution in [0.15, 0.2) is 18.2 Å². The maximum atomic E-state index is 12.9. The van der Waals surface area contributed by atoms with E-state index in [1.807, 2.05) is 39.0 Å². The van der Waals surface area contributed by atoms with E-state index in [1.165, 1.54) is 0 Å². The molecule has 4 heteroatoms. The van der Waals surface area contributed by atoms with Crippen molar-refractivity contribution in [1.82, 2.24) is 4.90 Å². The highest BCUT2D eigenvalue weighted by molar-refractivity contribution is 5.99. The van der Waals surface area contributed by atoms with Crippen LogP contribution in [-0.2, 0) is 4.79 Å². The normalized spacial score (nSPS) is 21.6. The number of carboxylic acid groups (broad SMARTS) is 1. The topological polar surface area (TPSA) is 57.6 Å². The van der Waals surface area contributed by atoms with Crippen LogP contribution in [0.4, 0.5) is 0 Å². The molecule has 1 amide bonds. The first-order valence-electron chi connectivity index (χ1n) is 7.55. The lowest BCUT2D eigenvalue weighted by atomic mass is 9.90. The van der Waals surface area contributed by atoms with Gasteiger partial charge in [0.2, 0.25) is 0 Å². The fourth-order valence-corrected chi connectivity index (χ4v) is 3.29. The first-order valence-corrected chi connectivity index (χ1v) is 7.55. The Labute approximate surface area is 125 Å². The number of benzene rings is 1. The Hall–Kier alpha value is -1.84. The number of aliphatic carboxylic acids is 1. The number of hydrogen-bond acceptors (Lipinski definition) is 2. The molecule has 0 bridgehead atoms. The molecule has 1 aliphatic heterocycles. The summed E-state index contributed by atoms with van der Waals surface area (Å²) in [5.41, 5.74) is 1.51. The average molecular weight is 289 g/mol. The summed E-state index contributed by atoms with van der Waals surface area (Å²) >= 11 is 0. The van der Waals surface area contributed by atoms with Gasteiger partial charge in [0.15, 0.2) is 0 Å². The van der Waals surface area contributed by atoms with Crippen LogP contribution in [0.25, 0.3) is 0 Å². The van der Waals surface area contributed by atoms with E-state index in [9.17, 15) is 14.7 Å². The van der Waals surface area contributed by atoms with Crippen molar-refractivity contribution < 1.29 is 14.7 Å². The maximum Gasteiger partial charge on any atom is 0.329 e. The zero-order chi connectivity index (χ0) is 15.6. The smallest absolute Gasteiger partial charge is 0.329 e. The van der Waals surface area contributed by atoms with Gasteiger partial charge < -0.3 is 10.0 Å². The molecule has 1 aliphatic rings. The van der Waals surface area contributed by atoms with Crippen molar-refractivity contribution >= 4 is 11.9 Å².